The van der Waals surface area contributed by atoms with Gasteiger partial charge in [-0.25, -0.2) is 4.79 Å². The maximum absolute atomic E-state index is 11.0. The molecule has 0 atom stereocenters. The zero-order valence-corrected chi connectivity index (χ0v) is 10.4. The van der Waals surface area contributed by atoms with Crippen molar-refractivity contribution in [2.45, 2.75) is 0 Å². The quantitative estimate of drug-likeness (QED) is 0.439. The van der Waals surface area contributed by atoms with Crippen LogP contribution in [0, 0.1) is 0 Å². The number of aromatic nitrogens is 4. The Labute approximate surface area is 115 Å². The molecule has 2 rings (SSSR count). The summed E-state index contributed by atoms with van der Waals surface area (Å²) >= 11 is 0. The number of aryl methyl sites for hydroxylation is 1. The summed E-state index contributed by atoms with van der Waals surface area (Å²) in [5.74, 6) is 0. The summed E-state index contributed by atoms with van der Waals surface area (Å²) in [4.78, 5) is 31.6. The summed E-state index contributed by atoms with van der Waals surface area (Å²) in [5.41, 5.74) is -0.473. The van der Waals surface area contributed by atoms with Gasteiger partial charge >= 0.3 is 57.1 Å². The monoisotopic (exact) mass is 204 g/mol. The smallest absolute Gasteiger partial charge is 0.437 e. The third-order valence-electron chi connectivity index (χ3n) is 1.64. The van der Waals surface area contributed by atoms with Crippen LogP contribution in [0.1, 0.15) is 0 Å². The Morgan fingerprint density at radius 1 is 1.54 bits per heavy atom. The van der Waals surface area contributed by atoms with Crippen LogP contribution in [0.3, 0.4) is 0 Å². The number of fused-ring (bicyclic) bond motifs is 1. The molecule has 0 radical (unpaired) electrons. The summed E-state index contributed by atoms with van der Waals surface area (Å²) in [6.45, 7) is 0. The van der Waals surface area contributed by atoms with Crippen LogP contribution in [0.25, 0.3) is 11.2 Å². The number of nitrogens with one attached hydrogen (secondary N) is 1. The van der Waals surface area contributed by atoms with Gasteiger partial charge in [0.25, 0.3) is 5.56 Å². The van der Waals surface area contributed by atoms with Crippen LogP contribution < -0.4 is 67.6 Å². The maximum atomic E-state index is 11.0. The van der Waals surface area contributed by atoms with E-state index in [1.54, 1.807) is 0 Å². The Hall–Kier alpha value is -0.214. The van der Waals surface area contributed by atoms with Crippen molar-refractivity contribution in [1.82, 2.24) is 19.5 Å². The fourth-order valence-electron chi connectivity index (χ4n) is 1.00. The van der Waals surface area contributed by atoms with E-state index < -0.39 is 11.2 Å². The Bertz CT molecular complexity index is 537. The van der Waals surface area contributed by atoms with Gasteiger partial charge in [0, 0.05) is 18.2 Å². The van der Waals surface area contributed by atoms with Crippen LogP contribution in [-0.4, -0.2) is 14.5 Å². The average molecular weight is 204 g/mol. The van der Waals surface area contributed by atoms with Crippen LogP contribution in [-0.2, 0) is 7.05 Å². The number of imidazole rings is 1. The molecule has 0 unspecified atom stereocenters. The van der Waals surface area contributed by atoms with Crippen molar-refractivity contribution in [3.8, 4) is 0 Å². The van der Waals surface area contributed by atoms with Gasteiger partial charge in [-0.05, 0) is 0 Å². The first-order chi connectivity index (χ1) is 5.70. The minimum absolute atomic E-state index is 0. The van der Waals surface area contributed by atoms with Gasteiger partial charge in [-0.15, -0.1) is 0 Å². The van der Waals surface area contributed by atoms with Crippen LogP contribution in [0.2, 0.25) is 0 Å². The van der Waals surface area contributed by atoms with Gasteiger partial charge < -0.3 is 14.5 Å². The van der Waals surface area contributed by atoms with E-state index in [1.165, 1.54) is 17.9 Å². The Kier molecular flexibility index (Phi) is 3.25. The topological polar surface area (TPSA) is 81.9 Å². The molecule has 2 heterocycles. The molecule has 0 fully saturated rings. The molecule has 13 heavy (non-hydrogen) atoms. The molecule has 0 aliphatic heterocycles. The summed E-state index contributed by atoms with van der Waals surface area (Å²) < 4.78 is 1.24. The van der Waals surface area contributed by atoms with E-state index in [2.05, 4.69) is 15.0 Å². The molecule has 2 aromatic heterocycles. The van der Waals surface area contributed by atoms with Crippen molar-refractivity contribution in [2.75, 3.05) is 0 Å². The van der Waals surface area contributed by atoms with Gasteiger partial charge in [0.1, 0.15) is 0 Å². The summed E-state index contributed by atoms with van der Waals surface area (Å²) in [5, 5.41) is 0. The second-order valence-electron chi connectivity index (χ2n) is 2.36. The number of H-pyrrole nitrogens is 1. The number of hydrogen-bond donors (Lipinski definition) is 1. The van der Waals surface area contributed by atoms with Crippen LogP contribution in [0.15, 0.2) is 15.9 Å². The molecule has 7 heteroatoms. The standard InChI is InChI=1S/C6H6N4O2.K/c1-10-4-3(7-2-8-4)5(11)9-6(10)12;/h2H,1H3,(H2,7,8,9,11,12);/q;+1/p-1. The minimum Gasteiger partial charge on any atom is -0.437 e. The van der Waals surface area contributed by atoms with Gasteiger partial charge in [0.05, 0.1) is 0 Å². The summed E-state index contributed by atoms with van der Waals surface area (Å²) in [6, 6.07) is 0. The van der Waals surface area contributed by atoms with Crippen LogP contribution in [0.5, 0.6) is 0 Å². The molecular formula is C6H5KN4O2. The molecule has 0 aliphatic carbocycles. The number of hydrogen-bond acceptors (Lipinski definition) is 3. The molecule has 6 nitrogen and oxygen atoms in total. The number of nitrogens with zero attached hydrogens (tertiary/aromatic N) is 3. The van der Waals surface area contributed by atoms with Crippen molar-refractivity contribution in [3.63, 3.8) is 0 Å². The largest absolute Gasteiger partial charge is 1.00 e. The Balaban J connectivity index is 0.000000845. The van der Waals surface area contributed by atoms with Gasteiger partial charge in [-0.2, -0.15) is 0 Å². The third kappa shape index (κ3) is 1.70. The molecule has 0 amide bonds. The van der Waals surface area contributed by atoms with Crippen LogP contribution >= 0.6 is 0 Å². The molecule has 0 saturated carbocycles. The normalized spacial score (nSPS) is 9.92. The summed E-state index contributed by atoms with van der Waals surface area (Å²) in [7, 11) is 1.52. The van der Waals surface area contributed by atoms with Crippen LogP contribution in [0.4, 0.5) is 0 Å². The zero-order chi connectivity index (χ0) is 8.72. The Morgan fingerprint density at radius 3 is 2.92 bits per heavy atom. The zero-order valence-electron chi connectivity index (χ0n) is 7.24. The summed E-state index contributed by atoms with van der Waals surface area (Å²) in [6.07, 6.45) is 1.25. The number of aromatic amines is 1. The molecule has 0 saturated heterocycles. The van der Waals surface area contributed by atoms with Gasteiger partial charge in [-0.3, -0.25) is 9.78 Å². The first kappa shape index (κ1) is 10.9. The second-order valence-corrected chi connectivity index (χ2v) is 2.36. The second kappa shape index (κ2) is 3.89. The van der Waals surface area contributed by atoms with E-state index in [0.29, 0.717) is 5.65 Å². The Morgan fingerprint density at radius 2 is 2.23 bits per heavy atom. The third-order valence-corrected chi connectivity index (χ3v) is 1.64. The van der Waals surface area contributed by atoms with Gasteiger partial charge in [0.15, 0.2) is 0 Å². The van der Waals surface area contributed by atoms with E-state index in [4.69, 9.17) is 0 Å². The van der Waals surface area contributed by atoms with Crippen molar-refractivity contribution >= 4 is 11.2 Å². The molecule has 0 bridgehead atoms. The van der Waals surface area contributed by atoms with E-state index >= 15 is 0 Å². The van der Waals surface area contributed by atoms with E-state index in [-0.39, 0.29) is 56.9 Å². The van der Waals surface area contributed by atoms with Crippen molar-refractivity contribution in [3.05, 3.63) is 27.2 Å². The maximum Gasteiger partial charge on any atom is 1.00 e. The first-order valence-electron chi connectivity index (χ1n) is 3.27. The van der Waals surface area contributed by atoms with E-state index in [0.717, 1.165) is 0 Å². The molecule has 0 aliphatic rings. The molecule has 62 valence electrons. The fraction of sp³-hybridized carbons (Fsp3) is 0.167. The molecule has 0 aromatic carbocycles. The minimum atomic E-state index is -0.495. The predicted octanol–water partition coefficient (Wildman–Crippen LogP) is -4.42. The fourth-order valence-corrected chi connectivity index (χ4v) is 1.00. The SMILES string of the molecule is Cn1c(=O)[nH]c(=O)c2[n-]cnc21.[K+]. The van der Waals surface area contributed by atoms with Crippen molar-refractivity contribution < 1.29 is 51.4 Å². The van der Waals surface area contributed by atoms with Gasteiger partial charge in [-0.1, -0.05) is 6.33 Å². The average Bonchev–Trinajstić information content (AvgIpc) is 2.48. The molecular weight excluding hydrogens is 199 g/mol. The van der Waals surface area contributed by atoms with Crippen molar-refractivity contribution in [1.29, 1.82) is 0 Å². The first-order valence-corrected chi connectivity index (χ1v) is 3.27. The van der Waals surface area contributed by atoms with Crippen molar-refractivity contribution in [2.24, 2.45) is 7.05 Å². The number of rotatable bonds is 0. The molecule has 2 aromatic rings. The van der Waals surface area contributed by atoms with E-state index in [1.807, 2.05) is 0 Å². The van der Waals surface area contributed by atoms with E-state index in [9.17, 15) is 9.59 Å². The van der Waals surface area contributed by atoms with Gasteiger partial charge in [0.2, 0.25) is 0 Å². The molecule has 0 spiro atoms. The molecule has 1 N–H and O–H groups in total. The predicted molar refractivity (Wildman–Crippen MR) is 40.9 cm³/mol.